The fourth-order valence-corrected chi connectivity index (χ4v) is 1.58. The van der Waals surface area contributed by atoms with Crippen LogP contribution in [0.3, 0.4) is 0 Å². The average molecular weight is 281 g/mol. The van der Waals surface area contributed by atoms with Crippen molar-refractivity contribution in [2.75, 3.05) is 7.11 Å². The Morgan fingerprint density at radius 1 is 1.40 bits per heavy atom. The molecule has 1 rings (SSSR count). The molecule has 0 radical (unpaired) electrons. The summed E-state index contributed by atoms with van der Waals surface area (Å²) in [6.45, 7) is 1.81. The van der Waals surface area contributed by atoms with Gasteiger partial charge < -0.3 is 9.84 Å². The van der Waals surface area contributed by atoms with Crippen molar-refractivity contribution in [3.05, 3.63) is 27.7 Å². The van der Waals surface area contributed by atoms with Crippen LogP contribution < -0.4 is 4.74 Å². The van der Waals surface area contributed by atoms with Gasteiger partial charge in [-0.25, -0.2) is 8.78 Å². The summed E-state index contributed by atoms with van der Waals surface area (Å²) in [5.41, 5.74) is 0.946. The van der Waals surface area contributed by atoms with Crippen molar-refractivity contribution >= 4 is 15.9 Å². The Morgan fingerprint density at radius 2 is 2.00 bits per heavy atom. The molecule has 0 bridgehead atoms. The third-order valence-corrected chi connectivity index (χ3v) is 2.92. The topological polar surface area (TPSA) is 29.5 Å². The average Bonchev–Trinajstić information content (AvgIpc) is 2.20. The van der Waals surface area contributed by atoms with Crippen LogP contribution in [0.15, 0.2) is 16.6 Å². The molecular weight excluding hydrogens is 270 g/mol. The number of aliphatic hydroxyl groups is 1. The monoisotopic (exact) mass is 280 g/mol. The molecule has 15 heavy (non-hydrogen) atoms. The molecular formula is C10H11BrF2O2. The van der Waals surface area contributed by atoms with Crippen LogP contribution in [0, 0.1) is 6.92 Å². The van der Waals surface area contributed by atoms with Crippen LogP contribution in [0.2, 0.25) is 0 Å². The summed E-state index contributed by atoms with van der Waals surface area (Å²) in [6.07, 6.45) is -4.65. The van der Waals surface area contributed by atoms with E-state index in [0.29, 0.717) is 4.47 Å². The predicted octanol–water partition coefficient (Wildman–Crippen LogP) is 3.06. The molecule has 0 aromatic heterocycles. The summed E-state index contributed by atoms with van der Waals surface area (Å²) < 4.78 is 30.3. The Balaban J connectivity index is 3.21. The van der Waals surface area contributed by atoms with Crippen LogP contribution in [0.1, 0.15) is 17.2 Å². The fraction of sp³-hybridized carbons (Fsp3) is 0.400. The van der Waals surface area contributed by atoms with Gasteiger partial charge in [-0.2, -0.15) is 0 Å². The predicted molar refractivity (Wildman–Crippen MR) is 56.4 cm³/mol. The molecule has 0 fully saturated rings. The van der Waals surface area contributed by atoms with Crippen molar-refractivity contribution in [3.63, 3.8) is 0 Å². The van der Waals surface area contributed by atoms with Gasteiger partial charge in [0.15, 0.2) is 0 Å². The van der Waals surface area contributed by atoms with Gasteiger partial charge in [0.1, 0.15) is 11.9 Å². The lowest BCUT2D eigenvalue weighted by Crippen LogP contribution is -2.09. The van der Waals surface area contributed by atoms with Gasteiger partial charge in [0.05, 0.1) is 7.11 Å². The van der Waals surface area contributed by atoms with Crippen LogP contribution in [-0.4, -0.2) is 18.6 Å². The zero-order valence-corrected chi connectivity index (χ0v) is 9.88. The molecule has 1 aromatic rings. The molecule has 2 nitrogen and oxygen atoms in total. The Kier molecular flexibility index (Phi) is 4.04. The van der Waals surface area contributed by atoms with Crippen LogP contribution in [-0.2, 0) is 0 Å². The number of hydrogen-bond donors (Lipinski definition) is 1. The maximum atomic E-state index is 12.3. The lowest BCUT2D eigenvalue weighted by atomic mass is 10.1. The van der Waals surface area contributed by atoms with Gasteiger partial charge in [0, 0.05) is 10.0 Å². The van der Waals surface area contributed by atoms with Gasteiger partial charge >= 0.3 is 0 Å². The van der Waals surface area contributed by atoms with Gasteiger partial charge in [-0.1, -0.05) is 15.9 Å². The number of rotatable bonds is 3. The number of aliphatic hydroxyl groups excluding tert-OH is 1. The zero-order valence-electron chi connectivity index (χ0n) is 8.30. The van der Waals surface area contributed by atoms with Gasteiger partial charge in [0.25, 0.3) is 6.43 Å². The SMILES string of the molecule is COc1cc(C)c(Br)cc1C(O)C(F)F. The number of aryl methyl sites for hydroxylation is 1. The van der Waals surface area contributed by atoms with E-state index in [4.69, 9.17) is 4.74 Å². The van der Waals surface area contributed by atoms with E-state index in [-0.39, 0.29) is 11.3 Å². The Bertz CT molecular complexity index is 356. The standard InChI is InChI=1S/C10H11BrF2O2/c1-5-3-8(15-2)6(4-7(5)11)9(14)10(12)13/h3-4,9-10,14H,1-2H3. The van der Waals surface area contributed by atoms with E-state index in [0.717, 1.165) is 5.56 Å². The summed E-state index contributed by atoms with van der Waals surface area (Å²) >= 11 is 3.22. The van der Waals surface area contributed by atoms with Crippen molar-refractivity contribution in [1.29, 1.82) is 0 Å². The molecule has 5 heteroatoms. The molecule has 0 saturated carbocycles. The van der Waals surface area contributed by atoms with Crippen LogP contribution in [0.25, 0.3) is 0 Å². The smallest absolute Gasteiger partial charge is 0.268 e. The van der Waals surface area contributed by atoms with Crippen molar-refractivity contribution < 1.29 is 18.6 Å². The number of benzene rings is 1. The second-order valence-electron chi connectivity index (χ2n) is 3.12. The highest BCUT2D eigenvalue weighted by atomic mass is 79.9. The molecule has 0 aliphatic carbocycles. The zero-order chi connectivity index (χ0) is 11.6. The largest absolute Gasteiger partial charge is 0.496 e. The van der Waals surface area contributed by atoms with Gasteiger partial charge in [0.2, 0.25) is 0 Å². The fourth-order valence-electron chi connectivity index (χ4n) is 1.21. The Morgan fingerprint density at radius 3 is 2.47 bits per heavy atom. The van der Waals surface area contributed by atoms with Crippen molar-refractivity contribution in [2.45, 2.75) is 19.5 Å². The minimum atomic E-state index is -2.83. The maximum Gasteiger partial charge on any atom is 0.268 e. The second-order valence-corrected chi connectivity index (χ2v) is 3.98. The first-order valence-corrected chi connectivity index (χ1v) is 5.07. The number of alkyl halides is 2. The normalized spacial score (nSPS) is 13.0. The summed E-state index contributed by atoms with van der Waals surface area (Å²) in [5.74, 6) is 0.267. The lowest BCUT2D eigenvalue weighted by Gasteiger charge is -2.15. The first-order valence-electron chi connectivity index (χ1n) is 4.27. The number of halogens is 3. The van der Waals surface area contributed by atoms with E-state index in [1.807, 2.05) is 6.92 Å². The van der Waals surface area contributed by atoms with E-state index >= 15 is 0 Å². The lowest BCUT2D eigenvalue weighted by molar-refractivity contribution is -0.00702. The molecule has 0 heterocycles. The minimum absolute atomic E-state index is 0.0879. The quantitative estimate of drug-likeness (QED) is 0.922. The molecule has 0 spiro atoms. The molecule has 1 atom stereocenters. The van der Waals surface area contributed by atoms with E-state index in [1.54, 1.807) is 6.07 Å². The molecule has 0 amide bonds. The van der Waals surface area contributed by atoms with Crippen molar-refractivity contribution in [3.8, 4) is 5.75 Å². The molecule has 0 aliphatic rings. The maximum absolute atomic E-state index is 12.3. The van der Waals surface area contributed by atoms with Crippen LogP contribution in [0.4, 0.5) is 8.78 Å². The highest BCUT2D eigenvalue weighted by molar-refractivity contribution is 9.10. The summed E-state index contributed by atoms with van der Waals surface area (Å²) in [4.78, 5) is 0. The van der Waals surface area contributed by atoms with Crippen molar-refractivity contribution in [1.82, 2.24) is 0 Å². The van der Waals surface area contributed by atoms with E-state index in [1.165, 1.54) is 13.2 Å². The summed E-state index contributed by atoms with van der Waals surface area (Å²) in [6, 6.07) is 3.05. The van der Waals surface area contributed by atoms with Gasteiger partial charge in [-0.05, 0) is 24.6 Å². The Labute approximate surface area is 95.0 Å². The highest BCUT2D eigenvalue weighted by Crippen LogP contribution is 2.33. The highest BCUT2D eigenvalue weighted by Gasteiger charge is 2.23. The third kappa shape index (κ3) is 2.66. The first-order chi connectivity index (χ1) is 6.97. The molecule has 0 aliphatic heterocycles. The van der Waals surface area contributed by atoms with E-state index in [9.17, 15) is 13.9 Å². The van der Waals surface area contributed by atoms with Crippen molar-refractivity contribution in [2.24, 2.45) is 0 Å². The van der Waals surface area contributed by atoms with Gasteiger partial charge in [-0.3, -0.25) is 0 Å². The Hall–Kier alpha value is -0.680. The molecule has 1 unspecified atom stereocenters. The second kappa shape index (κ2) is 4.90. The number of hydrogen-bond acceptors (Lipinski definition) is 2. The minimum Gasteiger partial charge on any atom is -0.496 e. The van der Waals surface area contributed by atoms with Gasteiger partial charge in [-0.15, -0.1) is 0 Å². The third-order valence-electron chi connectivity index (χ3n) is 2.07. The first kappa shape index (κ1) is 12.4. The summed E-state index contributed by atoms with van der Waals surface area (Å²) in [7, 11) is 1.38. The molecule has 84 valence electrons. The van der Waals surface area contributed by atoms with E-state index < -0.39 is 12.5 Å². The van der Waals surface area contributed by atoms with Crippen LogP contribution >= 0.6 is 15.9 Å². The molecule has 0 saturated heterocycles. The molecule has 1 N–H and O–H groups in total. The number of ether oxygens (including phenoxy) is 1. The summed E-state index contributed by atoms with van der Waals surface area (Å²) in [5, 5.41) is 9.27. The van der Waals surface area contributed by atoms with Crippen LogP contribution in [0.5, 0.6) is 5.75 Å². The molecule has 1 aromatic carbocycles. The van der Waals surface area contributed by atoms with E-state index in [2.05, 4.69) is 15.9 Å². The number of methoxy groups -OCH3 is 1.